The van der Waals surface area contributed by atoms with E-state index in [9.17, 15) is 19.5 Å². The van der Waals surface area contributed by atoms with Crippen LogP contribution in [0.15, 0.2) is 52.1 Å². The number of aromatic nitrogens is 1. The van der Waals surface area contributed by atoms with Crippen LogP contribution >= 0.6 is 0 Å². The first-order chi connectivity index (χ1) is 25.2. The molecule has 12 heteroatoms. The molecule has 0 aromatic carbocycles. The second-order valence-electron chi connectivity index (χ2n) is 16.1. The van der Waals surface area contributed by atoms with E-state index in [2.05, 4.69) is 31.8 Å². The summed E-state index contributed by atoms with van der Waals surface area (Å²) >= 11 is 0. The Bertz CT molecular complexity index is 1600. The van der Waals surface area contributed by atoms with E-state index >= 15 is 0 Å². The van der Waals surface area contributed by atoms with Crippen LogP contribution in [0.2, 0.25) is 0 Å². The maximum atomic E-state index is 13.8. The molecule has 0 spiro atoms. The molecule has 4 bridgehead atoms. The lowest BCUT2D eigenvalue weighted by atomic mass is 9.83. The zero-order valence-corrected chi connectivity index (χ0v) is 32.5. The smallest absolute Gasteiger partial charge is 0.318 e. The van der Waals surface area contributed by atoms with Crippen molar-refractivity contribution in [3.8, 4) is 0 Å². The molecule has 8 atom stereocenters. The van der Waals surface area contributed by atoms with E-state index in [0.29, 0.717) is 55.6 Å². The molecule has 0 aliphatic carbocycles. The normalized spacial score (nSPS) is 33.1. The fourth-order valence-electron chi connectivity index (χ4n) is 7.71. The fraction of sp³-hybridized carbons (Fsp3) is 0.659. The van der Waals surface area contributed by atoms with Gasteiger partial charge in [0, 0.05) is 25.1 Å². The minimum absolute atomic E-state index is 0.00714. The monoisotopic (exact) mass is 738 g/mol. The molecule has 0 saturated carbocycles. The molecular weight excluding hydrogens is 680 g/mol. The number of hydrogen-bond acceptors (Lipinski definition) is 11. The standard InChI is InChI=1S/C41H58N2O10/c1-23(2)16-27-18-35(45)52-37-36(53-40(47)41(37,7)22-44)26(6)11-12-28-13-14-31(42-28)38-43-32(34(51-38)21-50-39(27)46)19-29-30(25(5)10-9-15-48-8)20-49-33(29)17-24(3)4/h9-11,13-14,23-24,27,29,32-34,36-37,42,44H,12,15-22H2,1-8H3/b10-9+,26-11-,30-25+/t27-,29?,32?,33?,34?,36?,37?,41?/m0/s1. The highest BCUT2D eigenvalue weighted by Gasteiger charge is 2.57. The zero-order valence-electron chi connectivity index (χ0n) is 32.5. The van der Waals surface area contributed by atoms with Gasteiger partial charge in [0.15, 0.2) is 18.3 Å². The molecule has 0 radical (unpaired) electrons. The maximum absolute atomic E-state index is 13.8. The van der Waals surface area contributed by atoms with Gasteiger partial charge in [0.1, 0.15) is 17.7 Å². The average molecular weight is 739 g/mol. The second-order valence-corrected chi connectivity index (χ2v) is 16.1. The fourth-order valence-corrected chi connectivity index (χ4v) is 7.71. The summed E-state index contributed by atoms with van der Waals surface area (Å²) in [7, 11) is 1.67. The third-order valence-corrected chi connectivity index (χ3v) is 10.8. The van der Waals surface area contributed by atoms with Crippen LogP contribution in [-0.4, -0.2) is 97.9 Å². The van der Waals surface area contributed by atoms with Gasteiger partial charge in [-0.2, -0.15) is 0 Å². The first kappa shape index (κ1) is 40.4. The highest BCUT2D eigenvalue weighted by Crippen LogP contribution is 2.41. The molecule has 1 aromatic rings. The third-order valence-electron chi connectivity index (χ3n) is 10.8. The van der Waals surface area contributed by atoms with Gasteiger partial charge < -0.3 is 38.5 Å². The Morgan fingerprint density at radius 3 is 2.57 bits per heavy atom. The van der Waals surface area contributed by atoms with Crippen LogP contribution < -0.4 is 0 Å². The molecule has 1 aromatic heterocycles. The Morgan fingerprint density at radius 2 is 1.87 bits per heavy atom. The number of carbonyl (C=O) groups excluding carboxylic acids is 3. The largest absolute Gasteiger partial charge is 0.467 e. The van der Waals surface area contributed by atoms with E-state index in [-0.39, 0.29) is 37.0 Å². The maximum Gasteiger partial charge on any atom is 0.318 e. The predicted octanol–water partition coefficient (Wildman–Crippen LogP) is 5.43. The number of rotatable bonds is 10. The van der Waals surface area contributed by atoms with Gasteiger partial charge in [-0.1, -0.05) is 45.9 Å². The molecule has 4 aliphatic heterocycles. The number of nitrogens with one attached hydrogen (secondary N) is 1. The van der Waals surface area contributed by atoms with Crippen molar-refractivity contribution in [2.24, 2.45) is 34.1 Å². The molecular formula is C41H58N2O10. The Labute approximate surface area is 313 Å². The van der Waals surface area contributed by atoms with Crippen molar-refractivity contribution in [3.63, 3.8) is 0 Å². The Hall–Kier alpha value is -3.74. The number of carbonyl (C=O) groups is 3. The number of ether oxygens (including phenoxy) is 6. The van der Waals surface area contributed by atoms with E-state index in [1.807, 2.05) is 38.1 Å². The topological polar surface area (TPSA) is 155 Å². The number of hydrogen-bond donors (Lipinski definition) is 2. The number of allylic oxidation sites excluding steroid dienone is 3. The molecule has 12 nitrogen and oxygen atoms in total. The number of fused-ring (bicyclic) bond motifs is 6. The summed E-state index contributed by atoms with van der Waals surface area (Å²) in [5.41, 5.74) is 3.14. The zero-order chi connectivity index (χ0) is 38.4. The summed E-state index contributed by atoms with van der Waals surface area (Å²) in [6.07, 6.45) is 5.60. The summed E-state index contributed by atoms with van der Waals surface area (Å²) in [5.74, 6) is -1.62. The number of esters is 3. The number of aromatic amines is 1. The quantitative estimate of drug-likeness (QED) is 0.180. The molecule has 0 amide bonds. The van der Waals surface area contributed by atoms with Crippen molar-refractivity contribution in [3.05, 3.63) is 58.5 Å². The number of aliphatic imine (C=N–C) groups is 1. The molecule has 7 unspecified atom stereocenters. The van der Waals surface area contributed by atoms with Gasteiger partial charge in [-0.15, -0.1) is 0 Å². The molecule has 5 heterocycles. The van der Waals surface area contributed by atoms with Crippen LogP contribution in [0.1, 0.15) is 85.5 Å². The SMILES string of the molecule is COC/C=C/C(C)=C1\COC(CC(C)C)C1CC1N=C2OC1COC(=O)[C@@H](CC(C)C)CC(=O)OC1C(OC(=O)C1(C)CO)/C(C)=C\Cc1ccc2[nH]1. The van der Waals surface area contributed by atoms with E-state index in [1.165, 1.54) is 12.5 Å². The summed E-state index contributed by atoms with van der Waals surface area (Å²) in [6, 6.07) is 3.52. The van der Waals surface area contributed by atoms with Gasteiger partial charge in [0.2, 0.25) is 5.90 Å². The van der Waals surface area contributed by atoms with Crippen molar-refractivity contribution in [2.45, 2.75) is 111 Å². The van der Waals surface area contributed by atoms with Crippen molar-refractivity contribution >= 4 is 23.8 Å². The lowest BCUT2D eigenvalue weighted by Crippen LogP contribution is -2.43. The summed E-state index contributed by atoms with van der Waals surface area (Å²) in [5, 5.41) is 10.3. The van der Waals surface area contributed by atoms with Crippen molar-refractivity contribution < 1.29 is 47.9 Å². The highest BCUT2D eigenvalue weighted by atomic mass is 16.6. The molecule has 2 N–H and O–H groups in total. The average Bonchev–Trinajstić information content (AvgIpc) is 3.89. The molecule has 2 fully saturated rings. The molecule has 2 saturated heterocycles. The predicted molar refractivity (Wildman–Crippen MR) is 198 cm³/mol. The van der Waals surface area contributed by atoms with Gasteiger partial charge in [-0.05, 0) is 80.7 Å². The molecule has 5 rings (SSSR count). The number of aliphatic hydroxyl groups is 1. The van der Waals surface area contributed by atoms with Gasteiger partial charge in [-0.25, -0.2) is 4.99 Å². The third kappa shape index (κ3) is 9.50. The first-order valence-corrected chi connectivity index (χ1v) is 19.0. The van der Waals surface area contributed by atoms with Gasteiger partial charge in [0.05, 0.1) is 44.3 Å². The Morgan fingerprint density at radius 1 is 1.11 bits per heavy atom. The lowest BCUT2D eigenvalue weighted by Gasteiger charge is -2.28. The van der Waals surface area contributed by atoms with E-state index in [1.54, 1.807) is 14.0 Å². The minimum atomic E-state index is -1.46. The number of nitrogens with zero attached hydrogens (tertiary/aromatic N) is 1. The Kier molecular flexibility index (Phi) is 13.4. The lowest BCUT2D eigenvalue weighted by molar-refractivity contribution is -0.164. The van der Waals surface area contributed by atoms with Crippen LogP contribution in [0.3, 0.4) is 0 Å². The van der Waals surface area contributed by atoms with Crippen molar-refractivity contribution in [1.82, 2.24) is 4.98 Å². The molecule has 4 aliphatic rings. The molecule has 292 valence electrons. The van der Waals surface area contributed by atoms with E-state index in [0.717, 1.165) is 17.7 Å². The number of H-pyrrole nitrogens is 1. The Balaban J connectivity index is 1.49. The summed E-state index contributed by atoms with van der Waals surface area (Å²) in [4.78, 5) is 48.8. The van der Waals surface area contributed by atoms with Crippen LogP contribution in [-0.2, 0) is 49.2 Å². The van der Waals surface area contributed by atoms with Crippen molar-refractivity contribution in [1.29, 1.82) is 0 Å². The first-order valence-electron chi connectivity index (χ1n) is 19.0. The summed E-state index contributed by atoms with van der Waals surface area (Å²) < 4.78 is 35.7. The molecule has 53 heavy (non-hydrogen) atoms. The number of cyclic esters (lactones) is 1. The van der Waals surface area contributed by atoms with Gasteiger partial charge in [0.25, 0.3) is 0 Å². The van der Waals surface area contributed by atoms with Crippen LogP contribution in [0.5, 0.6) is 0 Å². The van der Waals surface area contributed by atoms with Crippen LogP contribution in [0.4, 0.5) is 0 Å². The number of methoxy groups -OCH3 is 1. The van der Waals surface area contributed by atoms with Crippen LogP contribution in [0.25, 0.3) is 0 Å². The van der Waals surface area contributed by atoms with Gasteiger partial charge >= 0.3 is 17.9 Å². The van der Waals surface area contributed by atoms with E-state index in [4.69, 9.17) is 33.4 Å². The minimum Gasteiger partial charge on any atom is -0.467 e. The number of aliphatic hydroxyl groups excluding tert-OH is 1. The van der Waals surface area contributed by atoms with Crippen molar-refractivity contribution in [2.75, 3.05) is 33.5 Å². The van der Waals surface area contributed by atoms with Crippen LogP contribution in [0, 0.1) is 29.1 Å². The van der Waals surface area contributed by atoms with E-state index < -0.39 is 54.2 Å². The highest BCUT2D eigenvalue weighted by molar-refractivity contribution is 5.94. The second kappa shape index (κ2) is 17.6. The summed E-state index contributed by atoms with van der Waals surface area (Å²) in [6.45, 7) is 14.2. The van der Waals surface area contributed by atoms with Gasteiger partial charge in [-0.3, -0.25) is 14.4 Å².